The van der Waals surface area contributed by atoms with E-state index < -0.39 is 96.9 Å². The van der Waals surface area contributed by atoms with Crippen molar-refractivity contribution in [1.82, 2.24) is 4.90 Å². The van der Waals surface area contributed by atoms with Crippen LogP contribution >= 0.6 is 0 Å². The molecule has 0 N–H and O–H groups in total. The summed E-state index contributed by atoms with van der Waals surface area (Å²) in [5.41, 5.74) is -1.25. The lowest BCUT2D eigenvalue weighted by atomic mass is 10.00. The summed E-state index contributed by atoms with van der Waals surface area (Å²) in [6.07, 6.45) is -5.10. The van der Waals surface area contributed by atoms with Gasteiger partial charge in [-0.05, 0) is 54.6 Å². The number of ether oxygens (including phenoxy) is 3. The molecule has 0 unspecified atom stereocenters. The summed E-state index contributed by atoms with van der Waals surface area (Å²) in [5.74, 6) is 0.172. The van der Waals surface area contributed by atoms with Gasteiger partial charge in [-0.1, -0.05) is 66.5 Å². The highest BCUT2D eigenvalue weighted by Crippen LogP contribution is 2.33. The highest BCUT2D eigenvalue weighted by Gasteiger charge is 2.25. The zero-order valence-corrected chi connectivity index (χ0v) is 16.5. The molecule has 2 heterocycles. The van der Waals surface area contributed by atoms with Crippen LogP contribution in [0, 0.1) is 0 Å². The zero-order chi connectivity index (χ0) is 34.1. The molecule has 0 radical (unpaired) electrons. The molecule has 3 aromatic carbocycles. The standard InChI is InChI=1S/C27H29NO3/c1-3-8-22(9-4-1)27(23-10-5-2-6-11-23)31-24-12-7-16-28(19-24)17-15-21-13-14-25-26(18-21)30-20-29-25/h1-6,8-11,13-14,18,24,27H,7,12,15-17,19-20H2/t24-/m1/s1/i1D,2D,3D,4D,5D,6D,8D,9D,10D,11D,15D2,20D2,27D. The Morgan fingerprint density at radius 3 is 2.52 bits per heavy atom. The van der Waals surface area contributed by atoms with Crippen molar-refractivity contribution in [1.29, 1.82) is 0 Å². The van der Waals surface area contributed by atoms with E-state index in [1.165, 1.54) is 18.2 Å². The smallest absolute Gasteiger partial charge is 0.231 e. The summed E-state index contributed by atoms with van der Waals surface area (Å²) in [6.45, 7) is -2.17. The van der Waals surface area contributed by atoms with Gasteiger partial charge in [0.1, 0.15) is 8.82 Å². The second-order valence-electron chi connectivity index (χ2n) is 7.07. The topological polar surface area (TPSA) is 30.9 Å². The molecule has 4 heteroatoms. The van der Waals surface area contributed by atoms with E-state index in [0.717, 1.165) is 0 Å². The van der Waals surface area contributed by atoms with E-state index in [1.54, 1.807) is 4.90 Å². The van der Waals surface area contributed by atoms with Crippen molar-refractivity contribution in [2.75, 3.05) is 26.4 Å². The number of likely N-dealkylation sites (tertiary alicyclic amines) is 1. The van der Waals surface area contributed by atoms with Gasteiger partial charge in [0.15, 0.2) is 11.5 Å². The van der Waals surface area contributed by atoms with Gasteiger partial charge < -0.3 is 19.1 Å². The zero-order valence-electron chi connectivity index (χ0n) is 31.5. The van der Waals surface area contributed by atoms with E-state index in [1.807, 2.05) is 0 Å². The van der Waals surface area contributed by atoms with Crippen LogP contribution in [0.25, 0.3) is 0 Å². The molecule has 31 heavy (non-hydrogen) atoms. The maximum absolute atomic E-state index is 9.51. The van der Waals surface area contributed by atoms with Gasteiger partial charge in [0, 0.05) is 15.8 Å². The minimum Gasteiger partial charge on any atom is -0.454 e. The lowest BCUT2D eigenvalue weighted by molar-refractivity contribution is -0.0330. The number of piperidine rings is 1. The second-order valence-corrected chi connectivity index (χ2v) is 7.07. The first-order chi connectivity index (χ1) is 21.3. The second kappa shape index (κ2) is 9.54. The third kappa shape index (κ3) is 4.92. The van der Waals surface area contributed by atoms with E-state index >= 15 is 0 Å². The molecule has 1 fully saturated rings. The maximum Gasteiger partial charge on any atom is 0.231 e. The average Bonchev–Trinajstić information content (AvgIpc) is 3.30. The van der Waals surface area contributed by atoms with Crippen molar-refractivity contribution in [3.8, 4) is 11.5 Å². The molecule has 4 nitrogen and oxygen atoms in total. The van der Waals surface area contributed by atoms with Crippen LogP contribution in [0.4, 0.5) is 0 Å². The lowest BCUT2D eigenvalue weighted by Gasteiger charge is -2.35. The van der Waals surface area contributed by atoms with Gasteiger partial charge in [0.05, 0.1) is 21.2 Å². The summed E-state index contributed by atoms with van der Waals surface area (Å²) >= 11 is 0. The molecular formula is C27H29NO3. The van der Waals surface area contributed by atoms with Crippen LogP contribution in [0.1, 0.15) is 56.2 Å². The Labute approximate surface area is 205 Å². The Hall–Kier alpha value is -2.82. The third-order valence-corrected chi connectivity index (χ3v) is 4.95. The fraction of sp³-hybridized carbons (Fsp3) is 0.333. The summed E-state index contributed by atoms with van der Waals surface area (Å²) in [5, 5.41) is 0. The Bertz CT molecular complexity index is 1590. The molecule has 160 valence electrons. The van der Waals surface area contributed by atoms with Crippen molar-refractivity contribution in [2.24, 2.45) is 0 Å². The first-order valence-electron chi connectivity index (χ1n) is 17.4. The average molecular weight is 431 g/mol. The number of fused-ring (bicyclic) bond motifs is 1. The van der Waals surface area contributed by atoms with Crippen LogP contribution < -0.4 is 9.47 Å². The Kier molecular flexibility index (Phi) is 2.88. The summed E-state index contributed by atoms with van der Waals surface area (Å²) in [4.78, 5) is 1.70. The molecule has 5 rings (SSSR count). The fourth-order valence-electron chi connectivity index (χ4n) is 3.49. The summed E-state index contributed by atoms with van der Waals surface area (Å²) < 4.78 is 142. The predicted octanol–water partition coefficient (Wildman–Crippen LogP) is 5.23. The monoisotopic (exact) mass is 430 g/mol. The quantitative estimate of drug-likeness (QED) is 0.514. The number of hydrogen-bond acceptors (Lipinski definition) is 4. The predicted molar refractivity (Wildman–Crippen MR) is 122 cm³/mol. The van der Waals surface area contributed by atoms with Gasteiger partial charge >= 0.3 is 0 Å². The molecule has 2 aliphatic rings. The van der Waals surface area contributed by atoms with Gasteiger partial charge in [-0.25, -0.2) is 0 Å². The molecule has 0 aliphatic carbocycles. The fourth-order valence-corrected chi connectivity index (χ4v) is 3.49. The summed E-state index contributed by atoms with van der Waals surface area (Å²) in [6, 6.07) is -3.77. The van der Waals surface area contributed by atoms with Crippen LogP contribution in [0.2, 0.25) is 0 Å². The summed E-state index contributed by atoms with van der Waals surface area (Å²) in [7, 11) is 0. The van der Waals surface area contributed by atoms with Crippen LogP contribution in [-0.4, -0.2) is 37.4 Å². The minimum atomic E-state index is -2.86. The third-order valence-electron chi connectivity index (χ3n) is 4.95. The van der Waals surface area contributed by atoms with Gasteiger partial charge in [0.2, 0.25) is 6.75 Å². The van der Waals surface area contributed by atoms with Crippen LogP contribution in [0.3, 0.4) is 0 Å². The molecule has 0 bridgehead atoms. The Balaban J connectivity index is 1.52. The Morgan fingerprint density at radius 1 is 1.06 bits per heavy atom. The van der Waals surface area contributed by atoms with Crippen molar-refractivity contribution in [3.63, 3.8) is 0 Å². The minimum absolute atomic E-state index is 0.00936. The highest BCUT2D eigenvalue weighted by atomic mass is 16.7. The van der Waals surface area contributed by atoms with E-state index in [0.29, 0.717) is 13.0 Å². The van der Waals surface area contributed by atoms with E-state index in [2.05, 4.69) is 0 Å². The number of benzene rings is 3. The SMILES string of the molecule is [2H]c1c([2H])c([2H])c(C([2H])(O[C@@H]2CCCN(CC([2H])([2H])c3ccc4c(c3)OC([2H])([2H])O4)C2)c2c([2H])c([2H])c([2H])c([2H])c2[2H])c([2H])c1[2H]. The molecular weight excluding hydrogens is 386 g/mol. The molecule has 0 spiro atoms. The van der Waals surface area contributed by atoms with Crippen molar-refractivity contribution < 1.29 is 34.8 Å². The molecule has 0 saturated carbocycles. The molecule has 0 aromatic heterocycles. The number of rotatable bonds is 7. The number of nitrogens with zero attached hydrogens (tertiary/aromatic N) is 1. The van der Waals surface area contributed by atoms with Crippen LogP contribution in [-0.2, 0) is 11.1 Å². The normalized spacial score (nSPS) is 27.7. The molecule has 1 atom stereocenters. The lowest BCUT2D eigenvalue weighted by Crippen LogP contribution is -2.41. The van der Waals surface area contributed by atoms with Crippen LogP contribution in [0.5, 0.6) is 11.5 Å². The van der Waals surface area contributed by atoms with Gasteiger partial charge in [-0.2, -0.15) is 0 Å². The van der Waals surface area contributed by atoms with E-state index in [4.69, 9.17) is 33.4 Å². The van der Waals surface area contributed by atoms with E-state index in [-0.39, 0.29) is 36.6 Å². The van der Waals surface area contributed by atoms with Crippen molar-refractivity contribution >= 4 is 0 Å². The van der Waals surface area contributed by atoms with Crippen molar-refractivity contribution in [3.05, 3.63) is 95.3 Å². The maximum atomic E-state index is 9.51. The first kappa shape index (κ1) is 9.35. The highest BCUT2D eigenvalue weighted by molar-refractivity contribution is 5.44. The molecule has 0 amide bonds. The Morgan fingerprint density at radius 2 is 1.77 bits per heavy atom. The first-order valence-corrected chi connectivity index (χ1v) is 9.86. The van der Waals surface area contributed by atoms with Crippen LogP contribution in [0.15, 0.2) is 78.6 Å². The number of hydrogen-bond donors (Lipinski definition) is 0. The van der Waals surface area contributed by atoms with E-state index in [9.17, 15) is 1.37 Å². The molecule has 3 aromatic rings. The molecule has 1 saturated heterocycles. The van der Waals surface area contributed by atoms with Gasteiger partial charge in [0.25, 0.3) is 0 Å². The largest absolute Gasteiger partial charge is 0.454 e. The van der Waals surface area contributed by atoms with Crippen molar-refractivity contribution in [2.45, 2.75) is 31.4 Å². The van der Waals surface area contributed by atoms with Gasteiger partial charge in [-0.3, -0.25) is 0 Å². The molecule has 2 aliphatic heterocycles. The van der Waals surface area contributed by atoms with Gasteiger partial charge in [-0.15, -0.1) is 0 Å².